The Hall–Kier alpha value is -3.80. The smallest absolute Gasteiger partial charge is 0.308 e. The van der Waals surface area contributed by atoms with Crippen LogP contribution < -0.4 is 9.47 Å². The molecule has 0 bridgehead atoms. The molecule has 5 rings (SSSR count). The lowest BCUT2D eigenvalue weighted by Crippen LogP contribution is -2.00. The van der Waals surface area contributed by atoms with Crippen LogP contribution in [0.1, 0.15) is 13.8 Å². The summed E-state index contributed by atoms with van der Waals surface area (Å²) in [4.78, 5) is 22.4. The van der Waals surface area contributed by atoms with Crippen molar-refractivity contribution in [3.05, 3.63) is 48.5 Å². The van der Waals surface area contributed by atoms with Crippen LogP contribution in [-0.4, -0.2) is 11.9 Å². The van der Waals surface area contributed by atoms with Crippen LogP contribution in [0.4, 0.5) is 0 Å². The first-order valence-corrected chi connectivity index (χ1v) is 8.68. The average Bonchev–Trinajstić information content (AvgIpc) is 3.17. The van der Waals surface area contributed by atoms with Gasteiger partial charge < -0.3 is 18.3 Å². The SMILES string of the molecule is CC(=O)Oc1ccc2c(c1)oc1c2ccc2c3ccc(OC(C)=O)cc3oc21. The zero-order valence-electron chi connectivity index (χ0n) is 15.1. The molecule has 0 aliphatic carbocycles. The van der Waals surface area contributed by atoms with Crippen molar-refractivity contribution < 1.29 is 27.9 Å². The summed E-state index contributed by atoms with van der Waals surface area (Å²) in [6, 6.07) is 14.5. The van der Waals surface area contributed by atoms with Crippen LogP contribution in [0.2, 0.25) is 0 Å². The molecule has 5 aromatic rings. The normalized spacial score (nSPS) is 11.5. The van der Waals surface area contributed by atoms with Gasteiger partial charge >= 0.3 is 11.9 Å². The Kier molecular flexibility index (Phi) is 3.42. The first-order valence-electron chi connectivity index (χ1n) is 8.68. The second-order valence-electron chi connectivity index (χ2n) is 6.53. The van der Waals surface area contributed by atoms with Gasteiger partial charge in [0.1, 0.15) is 22.7 Å². The Balaban J connectivity index is 1.75. The monoisotopic (exact) mass is 374 g/mol. The molecule has 0 fully saturated rings. The number of hydrogen-bond donors (Lipinski definition) is 0. The van der Waals surface area contributed by atoms with Gasteiger partial charge in [0.25, 0.3) is 0 Å². The Labute approximate surface area is 158 Å². The third kappa shape index (κ3) is 2.50. The Bertz CT molecular complexity index is 1310. The van der Waals surface area contributed by atoms with E-state index in [0.29, 0.717) is 33.8 Å². The minimum absolute atomic E-state index is 0.390. The van der Waals surface area contributed by atoms with Gasteiger partial charge in [-0.3, -0.25) is 9.59 Å². The second-order valence-corrected chi connectivity index (χ2v) is 6.53. The summed E-state index contributed by atoms with van der Waals surface area (Å²) in [5.41, 5.74) is 2.42. The van der Waals surface area contributed by atoms with Crippen LogP contribution in [0.25, 0.3) is 43.9 Å². The molecule has 0 radical (unpaired) electrons. The van der Waals surface area contributed by atoms with Gasteiger partial charge in [-0.1, -0.05) is 0 Å². The number of ether oxygens (including phenoxy) is 2. The van der Waals surface area contributed by atoms with Crippen molar-refractivity contribution in [2.45, 2.75) is 13.8 Å². The Morgan fingerprint density at radius 2 is 1.04 bits per heavy atom. The molecule has 138 valence electrons. The predicted molar refractivity (Wildman–Crippen MR) is 104 cm³/mol. The maximum atomic E-state index is 11.2. The first-order chi connectivity index (χ1) is 13.5. The molecule has 0 saturated heterocycles. The number of hydrogen-bond acceptors (Lipinski definition) is 6. The average molecular weight is 374 g/mol. The fourth-order valence-electron chi connectivity index (χ4n) is 3.49. The highest BCUT2D eigenvalue weighted by atomic mass is 16.5. The quantitative estimate of drug-likeness (QED) is 0.307. The summed E-state index contributed by atoms with van der Waals surface area (Å²) < 4.78 is 22.4. The maximum Gasteiger partial charge on any atom is 0.308 e. The Morgan fingerprint density at radius 3 is 1.43 bits per heavy atom. The predicted octanol–water partition coefficient (Wildman–Crippen LogP) is 5.34. The van der Waals surface area contributed by atoms with Crippen LogP contribution in [0, 0.1) is 0 Å². The minimum atomic E-state index is -0.390. The van der Waals surface area contributed by atoms with Crippen LogP contribution in [0.15, 0.2) is 57.4 Å². The van der Waals surface area contributed by atoms with E-state index in [1.165, 1.54) is 13.8 Å². The van der Waals surface area contributed by atoms with E-state index >= 15 is 0 Å². The summed E-state index contributed by atoms with van der Waals surface area (Å²) >= 11 is 0. The largest absolute Gasteiger partial charge is 0.452 e. The maximum absolute atomic E-state index is 11.2. The second kappa shape index (κ2) is 5.85. The number of furan rings is 2. The van der Waals surface area contributed by atoms with Crippen molar-refractivity contribution in [2.24, 2.45) is 0 Å². The van der Waals surface area contributed by atoms with Crippen molar-refractivity contribution in [3.8, 4) is 11.5 Å². The fourth-order valence-corrected chi connectivity index (χ4v) is 3.49. The van der Waals surface area contributed by atoms with E-state index in [0.717, 1.165) is 21.5 Å². The summed E-state index contributed by atoms with van der Waals surface area (Å²) in [6.45, 7) is 2.70. The number of esters is 2. The van der Waals surface area contributed by atoms with E-state index in [1.807, 2.05) is 24.3 Å². The van der Waals surface area contributed by atoms with Gasteiger partial charge in [-0.25, -0.2) is 0 Å². The summed E-state index contributed by atoms with van der Waals surface area (Å²) in [5.74, 6) is 0.0642. The van der Waals surface area contributed by atoms with Gasteiger partial charge in [-0.05, 0) is 36.4 Å². The van der Waals surface area contributed by atoms with Gasteiger partial charge in [0.2, 0.25) is 0 Å². The third-order valence-corrected chi connectivity index (χ3v) is 4.55. The molecule has 0 spiro atoms. The molecular formula is C22H14O6. The molecule has 0 unspecified atom stereocenters. The molecule has 2 heterocycles. The van der Waals surface area contributed by atoms with Gasteiger partial charge in [0.05, 0.1) is 0 Å². The molecule has 6 heteroatoms. The van der Waals surface area contributed by atoms with Gasteiger partial charge in [-0.15, -0.1) is 0 Å². The van der Waals surface area contributed by atoms with E-state index < -0.39 is 11.9 Å². The highest BCUT2D eigenvalue weighted by molar-refractivity contribution is 6.19. The van der Waals surface area contributed by atoms with Crippen molar-refractivity contribution in [2.75, 3.05) is 0 Å². The molecule has 0 atom stereocenters. The number of rotatable bonds is 2. The molecule has 2 aromatic heterocycles. The third-order valence-electron chi connectivity index (χ3n) is 4.55. The van der Waals surface area contributed by atoms with Crippen LogP contribution in [0.5, 0.6) is 11.5 Å². The molecule has 6 nitrogen and oxygen atoms in total. The van der Waals surface area contributed by atoms with Crippen molar-refractivity contribution in [3.63, 3.8) is 0 Å². The van der Waals surface area contributed by atoms with Gasteiger partial charge in [-0.2, -0.15) is 0 Å². The van der Waals surface area contributed by atoms with Gasteiger partial charge in [0.15, 0.2) is 11.2 Å². The molecule has 0 aliphatic rings. The number of fused-ring (bicyclic) bond motifs is 7. The fraction of sp³-hybridized carbons (Fsp3) is 0.0909. The molecule has 0 aliphatic heterocycles. The van der Waals surface area contributed by atoms with Crippen molar-refractivity contribution in [1.82, 2.24) is 0 Å². The standard InChI is InChI=1S/C22H14O6/c1-11(23)25-13-3-5-15-17-7-8-18-16-6-4-14(26-12(2)24)10-20(16)28-22(18)21(17)27-19(15)9-13/h3-10H,1-2H3. The minimum Gasteiger partial charge on any atom is -0.452 e. The molecular weight excluding hydrogens is 360 g/mol. The van der Waals surface area contributed by atoms with Crippen molar-refractivity contribution >= 4 is 55.8 Å². The summed E-state index contributed by atoms with van der Waals surface area (Å²) in [7, 11) is 0. The van der Waals surface area contributed by atoms with E-state index in [9.17, 15) is 9.59 Å². The highest BCUT2D eigenvalue weighted by Crippen LogP contribution is 2.40. The molecule has 28 heavy (non-hydrogen) atoms. The van der Waals surface area contributed by atoms with E-state index in [-0.39, 0.29) is 0 Å². The van der Waals surface area contributed by atoms with Crippen LogP contribution in [0.3, 0.4) is 0 Å². The van der Waals surface area contributed by atoms with Gasteiger partial charge in [0, 0.05) is 47.5 Å². The molecule has 0 saturated carbocycles. The van der Waals surface area contributed by atoms with Crippen molar-refractivity contribution in [1.29, 1.82) is 0 Å². The topological polar surface area (TPSA) is 78.9 Å². The number of benzene rings is 3. The Morgan fingerprint density at radius 1 is 0.643 bits per heavy atom. The van der Waals surface area contributed by atoms with E-state index in [4.69, 9.17) is 18.3 Å². The van der Waals surface area contributed by atoms with Crippen LogP contribution >= 0.6 is 0 Å². The lowest BCUT2D eigenvalue weighted by atomic mass is 10.1. The summed E-state index contributed by atoms with van der Waals surface area (Å²) in [5, 5.41) is 3.59. The van der Waals surface area contributed by atoms with E-state index in [1.54, 1.807) is 24.3 Å². The highest BCUT2D eigenvalue weighted by Gasteiger charge is 2.17. The zero-order chi connectivity index (χ0) is 19.4. The van der Waals surface area contributed by atoms with Crippen LogP contribution in [-0.2, 0) is 9.59 Å². The first kappa shape index (κ1) is 16.4. The lowest BCUT2D eigenvalue weighted by molar-refractivity contribution is -0.132. The number of carbonyl (C=O) groups is 2. The summed E-state index contributed by atoms with van der Waals surface area (Å²) in [6.07, 6.45) is 0. The molecule has 3 aromatic carbocycles. The molecule has 0 N–H and O–H groups in total. The lowest BCUT2D eigenvalue weighted by Gasteiger charge is -1.99. The number of carbonyl (C=O) groups excluding carboxylic acids is 2. The zero-order valence-corrected chi connectivity index (χ0v) is 15.1. The molecule has 0 amide bonds. The van der Waals surface area contributed by atoms with E-state index in [2.05, 4.69) is 0 Å².